The molecule has 0 fully saturated rings. The van der Waals surface area contributed by atoms with Gasteiger partial charge >= 0.3 is 0 Å². The summed E-state index contributed by atoms with van der Waals surface area (Å²) in [7, 11) is 0. The van der Waals surface area contributed by atoms with Crippen molar-refractivity contribution in [2.45, 2.75) is 0 Å². The van der Waals surface area contributed by atoms with Crippen LogP contribution in [0, 0.1) is 0 Å². The van der Waals surface area contributed by atoms with Crippen molar-refractivity contribution < 1.29 is 0 Å². The van der Waals surface area contributed by atoms with Gasteiger partial charge in [-0.1, -0.05) is 200 Å². The van der Waals surface area contributed by atoms with Crippen molar-refractivity contribution in [3.8, 4) is 89.5 Å². The van der Waals surface area contributed by atoms with Crippen LogP contribution in [0.25, 0.3) is 106 Å². The van der Waals surface area contributed by atoms with E-state index in [1.165, 1.54) is 0 Å². The van der Waals surface area contributed by atoms with Crippen LogP contribution in [-0.2, 0) is 0 Å². The van der Waals surface area contributed by atoms with Crippen molar-refractivity contribution in [3.63, 3.8) is 0 Å². The average molecular weight is 778 g/mol. The van der Waals surface area contributed by atoms with Crippen LogP contribution in [0.1, 0.15) is 0 Å². The fourth-order valence-electron chi connectivity index (χ4n) is 8.59. The maximum absolute atomic E-state index is 5.39. The highest BCUT2D eigenvalue weighted by atomic mass is 15.2. The van der Waals surface area contributed by atoms with Crippen molar-refractivity contribution in [2.24, 2.45) is 0 Å². The third-order valence-electron chi connectivity index (χ3n) is 11.6. The molecule has 286 valence electrons. The minimum atomic E-state index is 0.955. The molecular formula is C58H39N3. The van der Waals surface area contributed by atoms with E-state index in [-0.39, 0.29) is 0 Å². The summed E-state index contributed by atoms with van der Waals surface area (Å²) in [5, 5.41) is 7.71. The molecule has 0 radical (unpaired) electrons. The molecule has 0 unspecified atom stereocenters. The third-order valence-corrected chi connectivity index (χ3v) is 11.6. The smallest absolute Gasteiger partial charge is 0.101 e. The summed E-state index contributed by atoms with van der Waals surface area (Å²) in [4.78, 5) is 5.12. The van der Waals surface area contributed by atoms with Crippen molar-refractivity contribution in [1.82, 2.24) is 14.6 Å². The van der Waals surface area contributed by atoms with E-state index in [1.54, 1.807) is 0 Å². The van der Waals surface area contributed by atoms with Gasteiger partial charge < -0.3 is 0 Å². The van der Waals surface area contributed by atoms with E-state index in [0.29, 0.717) is 0 Å². The first kappa shape index (κ1) is 36.0. The highest BCUT2D eigenvalue weighted by Crippen LogP contribution is 2.42. The molecule has 0 bridgehead atoms. The fraction of sp³-hybridized carbons (Fsp3) is 0. The topological polar surface area (TPSA) is 30.2 Å². The lowest BCUT2D eigenvalue weighted by Crippen LogP contribution is -1.96. The van der Waals surface area contributed by atoms with Gasteiger partial charge in [0.25, 0.3) is 0 Å². The molecule has 3 heterocycles. The van der Waals surface area contributed by atoms with E-state index in [4.69, 9.17) is 10.1 Å². The second kappa shape index (κ2) is 15.6. The first-order valence-corrected chi connectivity index (χ1v) is 20.7. The molecule has 11 aromatic rings. The number of hydrogen-bond acceptors (Lipinski definition) is 2. The Balaban J connectivity index is 1.04. The summed E-state index contributed by atoms with van der Waals surface area (Å²) in [6.45, 7) is 0. The third kappa shape index (κ3) is 6.88. The lowest BCUT2D eigenvalue weighted by atomic mass is 9.93. The normalized spacial score (nSPS) is 11.3. The van der Waals surface area contributed by atoms with Gasteiger partial charge in [0.1, 0.15) is 5.69 Å². The zero-order valence-corrected chi connectivity index (χ0v) is 33.4. The van der Waals surface area contributed by atoms with Gasteiger partial charge in [-0.25, -0.2) is 9.50 Å². The molecule has 0 saturated carbocycles. The molecule has 0 amide bonds. The molecule has 0 aliphatic rings. The molecule has 8 aromatic carbocycles. The number of hydrogen-bond donors (Lipinski definition) is 0. The van der Waals surface area contributed by atoms with Crippen molar-refractivity contribution >= 4 is 16.3 Å². The first-order valence-electron chi connectivity index (χ1n) is 20.7. The molecule has 11 rings (SSSR count). The van der Waals surface area contributed by atoms with Crippen LogP contribution in [0.5, 0.6) is 0 Å². The lowest BCUT2D eigenvalue weighted by molar-refractivity contribution is 0.979. The van der Waals surface area contributed by atoms with Crippen LogP contribution in [0.4, 0.5) is 0 Å². The quantitative estimate of drug-likeness (QED) is 0.154. The summed E-state index contributed by atoms with van der Waals surface area (Å²) >= 11 is 0. The van der Waals surface area contributed by atoms with E-state index in [9.17, 15) is 0 Å². The zero-order chi connectivity index (χ0) is 40.5. The van der Waals surface area contributed by atoms with Gasteiger partial charge in [-0.05, 0) is 80.7 Å². The van der Waals surface area contributed by atoms with Crippen LogP contribution in [0.2, 0.25) is 0 Å². The predicted molar refractivity (Wildman–Crippen MR) is 254 cm³/mol. The van der Waals surface area contributed by atoms with E-state index in [0.717, 1.165) is 106 Å². The minimum Gasteiger partial charge on any atom is -0.248 e. The van der Waals surface area contributed by atoms with Gasteiger partial charge in [0.2, 0.25) is 0 Å². The molecule has 0 N–H and O–H groups in total. The molecule has 3 heteroatoms. The summed E-state index contributed by atoms with van der Waals surface area (Å²) in [5.41, 5.74) is 18.6. The summed E-state index contributed by atoms with van der Waals surface area (Å²) in [6.07, 6.45) is 0. The second-order valence-corrected chi connectivity index (χ2v) is 15.4. The average Bonchev–Trinajstić information content (AvgIpc) is 3.76. The van der Waals surface area contributed by atoms with E-state index < -0.39 is 0 Å². The van der Waals surface area contributed by atoms with Crippen LogP contribution < -0.4 is 0 Å². The minimum absolute atomic E-state index is 0.955. The Morgan fingerprint density at radius 1 is 0.295 bits per heavy atom. The Kier molecular flexibility index (Phi) is 9.18. The Morgan fingerprint density at radius 2 is 0.721 bits per heavy atom. The molecule has 0 atom stereocenters. The van der Waals surface area contributed by atoms with Crippen LogP contribution in [-0.4, -0.2) is 14.6 Å². The number of nitrogens with zero attached hydrogens (tertiary/aromatic N) is 3. The Morgan fingerprint density at radius 3 is 1.25 bits per heavy atom. The van der Waals surface area contributed by atoms with Gasteiger partial charge in [0.15, 0.2) is 0 Å². The number of rotatable bonds is 8. The number of fused-ring (bicyclic) bond motifs is 3. The zero-order valence-electron chi connectivity index (χ0n) is 33.4. The maximum atomic E-state index is 5.39. The van der Waals surface area contributed by atoms with Crippen LogP contribution in [0.3, 0.4) is 0 Å². The molecule has 0 saturated heterocycles. The summed E-state index contributed by atoms with van der Waals surface area (Å²) in [5.74, 6) is 0. The Labute approximate surface area is 355 Å². The molecule has 0 aliphatic carbocycles. The molecule has 0 aliphatic heterocycles. The SMILES string of the molecule is c1ccc(-c2cc(-c3cccc(-c4cccc(-c5ccc6c(c5)cc(-c5ccccc5)n5nc(-c7ccccc7)c(-c7ccccc7)c65)c4)c3)cc(-c3ccccc3)n2)cc1. The Bertz CT molecular complexity index is 3260. The molecule has 3 aromatic heterocycles. The number of benzene rings is 8. The second-order valence-electron chi connectivity index (χ2n) is 15.4. The molecule has 0 spiro atoms. The Hall–Kier alpha value is -8.14. The molecular weight excluding hydrogens is 739 g/mol. The van der Waals surface area contributed by atoms with E-state index in [2.05, 4.69) is 229 Å². The number of pyridine rings is 2. The molecule has 61 heavy (non-hydrogen) atoms. The predicted octanol–water partition coefficient (Wildman–Crippen LogP) is 15.2. The van der Waals surface area contributed by atoms with Gasteiger partial charge in [0, 0.05) is 33.2 Å². The molecule has 3 nitrogen and oxygen atoms in total. The highest BCUT2D eigenvalue weighted by molar-refractivity contribution is 6.09. The summed E-state index contributed by atoms with van der Waals surface area (Å²) < 4.78 is 2.16. The fourth-order valence-corrected chi connectivity index (χ4v) is 8.59. The van der Waals surface area contributed by atoms with E-state index in [1.807, 2.05) is 12.1 Å². The van der Waals surface area contributed by atoms with Crippen molar-refractivity contribution in [1.29, 1.82) is 0 Å². The van der Waals surface area contributed by atoms with E-state index >= 15 is 0 Å². The monoisotopic (exact) mass is 777 g/mol. The van der Waals surface area contributed by atoms with Gasteiger partial charge in [-0.15, -0.1) is 0 Å². The first-order chi connectivity index (χ1) is 30.2. The van der Waals surface area contributed by atoms with Crippen LogP contribution >= 0.6 is 0 Å². The standard InChI is InChI=1S/C58H39N3/c1-6-18-40(19-7-1)53-37-50(38-54(59-53)41-20-8-2-9-21-41)48-31-17-29-46(35-48)45-28-16-30-47(34-45)49-32-33-52-51(36-49)39-55(42-22-10-3-11-23-42)61-58(52)56(43-24-12-4-13-25-43)57(60-61)44-26-14-5-15-27-44/h1-39H. The van der Waals surface area contributed by atoms with Crippen molar-refractivity contribution in [3.05, 3.63) is 237 Å². The van der Waals surface area contributed by atoms with Gasteiger partial charge in [-0.2, -0.15) is 5.10 Å². The number of aromatic nitrogens is 3. The summed E-state index contributed by atoms with van der Waals surface area (Å²) in [6, 6.07) is 84.1. The maximum Gasteiger partial charge on any atom is 0.101 e. The van der Waals surface area contributed by atoms with Crippen molar-refractivity contribution in [2.75, 3.05) is 0 Å². The largest absolute Gasteiger partial charge is 0.248 e. The highest BCUT2D eigenvalue weighted by Gasteiger charge is 2.22. The lowest BCUT2D eigenvalue weighted by Gasteiger charge is -2.13. The van der Waals surface area contributed by atoms with Crippen LogP contribution in [0.15, 0.2) is 237 Å². The van der Waals surface area contributed by atoms with Gasteiger partial charge in [0.05, 0.1) is 22.6 Å². The van der Waals surface area contributed by atoms with Gasteiger partial charge in [-0.3, -0.25) is 0 Å².